The van der Waals surface area contributed by atoms with Crippen molar-refractivity contribution in [2.75, 3.05) is 6.54 Å². The van der Waals surface area contributed by atoms with Gasteiger partial charge in [-0.25, -0.2) is 9.78 Å². The molecule has 0 radical (unpaired) electrons. The lowest BCUT2D eigenvalue weighted by molar-refractivity contribution is 0.0528. The first-order valence-electron chi connectivity index (χ1n) is 7.80. The van der Waals surface area contributed by atoms with Crippen LogP contribution in [0.1, 0.15) is 51.0 Å². The van der Waals surface area contributed by atoms with E-state index in [0.717, 1.165) is 17.2 Å². The molecule has 1 atom stereocenters. The van der Waals surface area contributed by atoms with Gasteiger partial charge in [-0.2, -0.15) is 0 Å². The Balaban J connectivity index is 1.93. The average Bonchev–Trinajstić information content (AvgIpc) is 3.05. The second kappa shape index (κ2) is 6.89. The predicted octanol–water partition coefficient (Wildman–Crippen LogP) is 3.46. The minimum absolute atomic E-state index is 0.0581. The summed E-state index contributed by atoms with van der Waals surface area (Å²) in [6, 6.07) is 3.98. The molecular weight excluding hydrogens is 294 g/mol. The van der Waals surface area contributed by atoms with Gasteiger partial charge in [-0.1, -0.05) is 0 Å². The summed E-state index contributed by atoms with van der Waals surface area (Å²) in [5.41, 5.74) is 0.542. The third-order valence-corrected chi connectivity index (χ3v) is 3.39. The number of rotatable bonds is 5. The van der Waals surface area contributed by atoms with Crippen LogP contribution in [-0.4, -0.2) is 27.8 Å². The molecule has 2 rings (SSSR count). The Morgan fingerprint density at radius 1 is 1.43 bits per heavy atom. The number of imidazole rings is 1. The van der Waals surface area contributed by atoms with Crippen LogP contribution in [-0.2, 0) is 11.2 Å². The smallest absolute Gasteiger partial charge is 0.407 e. The normalized spacial score (nSPS) is 12.9. The monoisotopic (exact) mass is 319 g/mol. The lowest BCUT2D eigenvalue weighted by Crippen LogP contribution is -2.33. The zero-order chi connectivity index (χ0) is 17.0. The van der Waals surface area contributed by atoms with E-state index in [1.165, 1.54) is 0 Å². The van der Waals surface area contributed by atoms with Crippen molar-refractivity contribution in [2.24, 2.45) is 0 Å². The topological polar surface area (TPSA) is 69.3 Å². The van der Waals surface area contributed by atoms with Crippen LogP contribution < -0.4 is 5.32 Å². The van der Waals surface area contributed by atoms with Gasteiger partial charge in [-0.3, -0.25) is 0 Å². The van der Waals surface area contributed by atoms with Crippen LogP contribution in [0.2, 0.25) is 0 Å². The van der Waals surface area contributed by atoms with Gasteiger partial charge in [0.25, 0.3) is 0 Å². The highest BCUT2D eigenvalue weighted by Gasteiger charge is 2.17. The maximum absolute atomic E-state index is 11.7. The van der Waals surface area contributed by atoms with E-state index in [1.54, 1.807) is 6.33 Å². The summed E-state index contributed by atoms with van der Waals surface area (Å²) in [7, 11) is 0. The van der Waals surface area contributed by atoms with Gasteiger partial charge in [0.2, 0.25) is 0 Å². The molecule has 0 fully saturated rings. The molecule has 1 N–H and O–H groups in total. The van der Waals surface area contributed by atoms with Crippen LogP contribution in [0.15, 0.2) is 29.1 Å². The summed E-state index contributed by atoms with van der Waals surface area (Å²) < 4.78 is 13.0. The Bertz CT molecular complexity index is 652. The Morgan fingerprint density at radius 2 is 2.17 bits per heavy atom. The van der Waals surface area contributed by atoms with Crippen LogP contribution in [0.5, 0.6) is 0 Å². The lowest BCUT2D eigenvalue weighted by Gasteiger charge is -2.20. The number of aromatic nitrogens is 2. The van der Waals surface area contributed by atoms with Crippen molar-refractivity contribution < 1.29 is 13.9 Å². The van der Waals surface area contributed by atoms with E-state index in [9.17, 15) is 4.79 Å². The molecule has 23 heavy (non-hydrogen) atoms. The van der Waals surface area contributed by atoms with E-state index < -0.39 is 11.7 Å². The van der Waals surface area contributed by atoms with E-state index in [-0.39, 0.29) is 6.04 Å². The van der Waals surface area contributed by atoms with Gasteiger partial charge in [0.05, 0.1) is 12.4 Å². The van der Waals surface area contributed by atoms with Crippen molar-refractivity contribution in [1.29, 1.82) is 0 Å². The standard InChI is InChI=1S/C17H25N3O3/c1-12-6-7-15(22-12)13(2)20-11-18-10-14(20)8-9-19-16(21)23-17(3,4)5/h6-7,10-11,13H,8-9H2,1-5H3,(H,19,21). The van der Waals surface area contributed by atoms with Crippen molar-refractivity contribution >= 4 is 6.09 Å². The molecule has 6 heteroatoms. The number of amides is 1. The van der Waals surface area contributed by atoms with Gasteiger partial charge in [-0.05, 0) is 46.8 Å². The van der Waals surface area contributed by atoms with Crippen molar-refractivity contribution in [1.82, 2.24) is 14.9 Å². The van der Waals surface area contributed by atoms with Crippen LogP contribution in [0.4, 0.5) is 4.79 Å². The number of furan rings is 1. The number of alkyl carbamates (subject to hydrolysis) is 1. The molecule has 0 aliphatic rings. The first kappa shape index (κ1) is 17.1. The number of nitrogens with one attached hydrogen (secondary N) is 1. The largest absolute Gasteiger partial charge is 0.464 e. The van der Waals surface area contributed by atoms with Crippen molar-refractivity contribution in [3.8, 4) is 0 Å². The second-order valence-corrected chi connectivity index (χ2v) is 6.60. The molecule has 2 heterocycles. The molecule has 0 spiro atoms. The Kier molecular flexibility index (Phi) is 5.13. The molecule has 0 saturated heterocycles. The molecule has 0 saturated carbocycles. The van der Waals surface area contributed by atoms with E-state index in [1.807, 2.05) is 46.0 Å². The fourth-order valence-corrected chi connectivity index (χ4v) is 2.30. The minimum atomic E-state index is -0.489. The Morgan fingerprint density at radius 3 is 2.78 bits per heavy atom. The average molecular weight is 319 g/mol. The van der Waals surface area contributed by atoms with E-state index in [4.69, 9.17) is 9.15 Å². The van der Waals surface area contributed by atoms with Gasteiger partial charge >= 0.3 is 6.09 Å². The number of nitrogens with zero attached hydrogens (tertiary/aromatic N) is 2. The fourth-order valence-electron chi connectivity index (χ4n) is 2.30. The lowest BCUT2D eigenvalue weighted by atomic mass is 10.2. The molecule has 2 aromatic rings. The first-order chi connectivity index (χ1) is 10.8. The molecule has 1 amide bonds. The van der Waals surface area contributed by atoms with Gasteiger partial charge in [0.15, 0.2) is 0 Å². The maximum atomic E-state index is 11.7. The van der Waals surface area contributed by atoms with Crippen LogP contribution in [0.25, 0.3) is 0 Å². The quantitative estimate of drug-likeness (QED) is 0.916. The van der Waals surface area contributed by atoms with Crippen molar-refractivity contribution in [3.05, 3.63) is 41.9 Å². The van der Waals surface area contributed by atoms with E-state index in [2.05, 4.69) is 21.8 Å². The van der Waals surface area contributed by atoms with Crippen LogP contribution >= 0.6 is 0 Å². The highest BCUT2D eigenvalue weighted by atomic mass is 16.6. The zero-order valence-corrected chi connectivity index (χ0v) is 14.4. The highest BCUT2D eigenvalue weighted by molar-refractivity contribution is 5.67. The number of carbonyl (C=O) groups is 1. The summed E-state index contributed by atoms with van der Waals surface area (Å²) >= 11 is 0. The molecule has 0 bridgehead atoms. The summed E-state index contributed by atoms with van der Waals surface area (Å²) in [6.07, 6.45) is 3.86. The highest BCUT2D eigenvalue weighted by Crippen LogP contribution is 2.21. The molecule has 1 unspecified atom stereocenters. The molecule has 0 aromatic carbocycles. The summed E-state index contributed by atoms with van der Waals surface area (Å²) in [4.78, 5) is 15.9. The minimum Gasteiger partial charge on any atom is -0.464 e. The van der Waals surface area contributed by atoms with Gasteiger partial charge in [0.1, 0.15) is 17.1 Å². The number of ether oxygens (including phenoxy) is 1. The second-order valence-electron chi connectivity index (χ2n) is 6.60. The van der Waals surface area contributed by atoms with Crippen LogP contribution in [0.3, 0.4) is 0 Å². The van der Waals surface area contributed by atoms with Crippen molar-refractivity contribution in [3.63, 3.8) is 0 Å². The fraction of sp³-hybridized carbons (Fsp3) is 0.529. The summed E-state index contributed by atoms with van der Waals surface area (Å²) in [5.74, 6) is 1.78. The summed E-state index contributed by atoms with van der Waals surface area (Å²) in [5, 5.41) is 2.76. The SMILES string of the molecule is Cc1ccc(C(C)n2cncc2CCNC(=O)OC(C)(C)C)o1. The molecule has 0 aliphatic carbocycles. The van der Waals surface area contributed by atoms with Crippen molar-refractivity contribution in [2.45, 2.75) is 52.7 Å². The Labute approximate surface area is 136 Å². The zero-order valence-electron chi connectivity index (χ0n) is 14.4. The molecule has 2 aromatic heterocycles. The Hall–Kier alpha value is -2.24. The molecule has 126 valence electrons. The van der Waals surface area contributed by atoms with Crippen LogP contribution in [0, 0.1) is 6.92 Å². The molecular formula is C17H25N3O3. The van der Waals surface area contributed by atoms with Gasteiger partial charge < -0.3 is 19.0 Å². The molecule has 0 aliphatic heterocycles. The maximum Gasteiger partial charge on any atom is 0.407 e. The van der Waals surface area contributed by atoms with Gasteiger partial charge in [0, 0.05) is 24.9 Å². The number of aryl methyl sites for hydroxylation is 1. The third kappa shape index (κ3) is 4.87. The predicted molar refractivity (Wildman–Crippen MR) is 87.4 cm³/mol. The molecule has 6 nitrogen and oxygen atoms in total. The number of hydrogen-bond acceptors (Lipinski definition) is 4. The van der Waals surface area contributed by atoms with E-state index >= 15 is 0 Å². The number of carbonyl (C=O) groups excluding carboxylic acids is 1. The first-order valence-corrected chi connectivity index (χ1v) is 7.80. The van der Waals surface area contributed by atoms with Gasteiger partial charge in [-0.15, -0.1) is 0 Å². The summed E-state index contributed by atoms with van der Waals surface area (Å²) in [6.45, 7) is 10.0. The third-order valence-electron chi connectivity index (χ3n) is 3.39. The van der Waals surface area contributed by atoms with E-state index in [0.29, 0.717) is 13.0 Å². The number of hydrogen-bond donors (Lipinski definition) is 1.